The molecule has 112 valence electrons. The topological polar surface area (TPSA) is 84.9 Å². The number of likely N-dealkylation sites (N-methyl/N-ethyl adjacent to an activating group) is 1. The Morgan fingerprint density at radius 1 is 1.38 bits per heavy atom. The van der Waals surface area contributed by atoms with E-state index in [-0.39, 0.29) is 38.0 Å². The summed E-state index contributed by atoms with van der Waals surface area (Å²) in [4.78, 5) is 35.9. The van der Waals surface area contributed by atoms with E-state index in [0.717, 1.165) is 0 Å². The summed E-state index contributed by atoms with van der Waals surface area (Å²) in [6.45, 7) is -0.181. The van der Waals surface area contributed by atoms with E-state index in [1.807, 2.05) is 6.07 Å². The minimum absolute atomic E-state index is 0.0110. The lowest BCUT2D eigenvalue weighted by molar-refractivity contribution is -0.148. The second-order valence-electron chi connectivity index (χ2n) is 4.39. The summed E-state index contributed by atoms with van der Waals surface area (Å²) in [5.41, 5.74) is 0.632. The van der Waals surface area contributed by atoms with Crippen LogP contribution >= 0.6 is 0 Å². The van der Waals surface area contributed by atoms with Crippen LogP contribution in [0.2, 0.25) is 0 Å². The molecule has 0 saturated heterocycles. The molecule has 0 radical (unpaired) electrons. The fourth-order valence-corrected chi connectivity index (χ4v) is 1.89. The summed E-state index contributed by atoms with van der Waals surface area (Å²) in [5.74, 6) is -0.518. The predicted molar refractivity (Wildman–Crippen MR) is 73.9 cm³/mol. The normalized spacial score (nSPS) is 13.2. The first-order valence-corrected chi connectivity index (χ1v) is 6.50. The van der Waals surface area contributed by atoms with Crippen molar-refractivity contribution in [3.63, 3.8) is 0 Å². The first-order chi connectivity index (χ1) is 10.1. The number of carbonyl (C=O) groups excluding carboxylic acids is 3. The maximum atomic E-state index is 11.9. The molecule has 0 fully saturated rings. The van der Waals surface area contributed by atoms with Gasteiger partial charge in [-0.1, -0.05) is 12.1 Å². The van der Waals surface area contributed by atoms with E-state index in [1.54, 1.807) is 18.2 Å². The van der Waals surface area contributed by atoms with E-state index in [2.05, 4.69) is 5.32 Å². The molecular weight excluding hydrogens is 276 g/mol. The van der Waals surface area contributed by atoms with Crippen LogP contribution in [0, 0.1) is 0 Å². The summed E-state index contributed by atoms with van der Waals surface area (Å²) < 4.78 is 10.1. The Bertz CT molecular complexity index is 558. The Kier molecular flexibility index (Phi) is 4.76. The number of ether oxygens (including phenoxy) is 2. The third kappa shape index (κ3) is 3.71. The van der Waals surface area contributed by atoms with Crippen molar-refractivity contribution >= 4 is 23.5 Å². The molecule has 0 unspecified atom stereocenters. The average molecular weight is 292 g/mol. The summed E-state index contributed by atoms with van der Waals surface area (Å²) in [6.07, 6.45) is 0.0110. The highest BCUT2D eigenvalue weighted by Crippen LogP contribution is 2.31. The Morgan fingerprint density at radius 3 is 2.90 bits per heavy atom. The molecule has 0 aromatic heterocycles. The van der Waals surface area contributed by atoms with E-state index < -0.39 is 5.97 Å². The number of hydrogen-bond acceptors (Lipinski definition) is 5. The van der Waals surface area contributed by atoms with Gasteiger partial charge >= 0.3 is 5.97 Å². The van der Waals surface area contributed by atoms with Gasteiger partial charge in [0.25, 0.3) is 11.8 Å². The van der Waals surface area contributed by atoms with Crippen molar-refractivity contribution < 1.29 is 23.9 Å². The number of esters is 1. The molecular formula is C14H16N2O5. The molecule has 1 aliphatic heterocycles. The molecule has 1 aromatic carbocycles. The lowest BCUT2D eigenvalue weighted by atomic mass is 10.2. The fourth-order valence-electron chi connectivity index (χ4n) is 1.89. The van der Waals surface area contributed by atoms with Crippen LogP contribution in [-0.2, 0) is 19.1 Å². The van der Waals surface area contributed by atoms with E-state index in [0.29, 0.717) is 11.4 Å². The Labute approximate surface area is 121 Å². The number of fused-ring (bicyclic) bond motifs is 1. The zero-order chi connectivity index (χ0) is 15.2. The Hall–Kier alpha value is -2.57. The van der Waals surface area contributed by atoms with Gasteiger partial charge in [-0.3, -0.25) is 14.4 Å². The zero-order valence-electron chi connectivity index (χ0n) is 11.6. The lowest BCUT2D eigenvalue weighted by Gasteiger charge is -2.28. The van der Waals surface area contributed by atoms with Gasteiger partial charge in [-0.25, -0.2) is 0 Å². The summed E-state index contributed by atoms with van der Waals surface area (Å²) >= 11 is 0. The van der Waals surface area contributed by atoms with Crippen LogP contribution < -0.4 is 15.0 Å². The number of anilines is 1. The first-order valence-electron chi connectivity index (χ1n) is 6.50. The quantitative estimate of drug-likeness (QED) is 0.778. The average Bonchev–Trinajstić information content (AvgIpc) is 2.51. The van der Waals surface area contributed by atoms with Gasteiger partial charge in [0.1, 0.15) is 5.75 Å². The third-order valence-electron chi connectivity index (χ3n) is 2.99. The van der Waals surface area contributed by atoms with Crippen LogP contribution in [0.5, 0.6) is 5.75 Å². The maximum absolute atomic E-state index is 11.9. The maximum Gasteiger partial charge on any atom is 0.308 e. The van der Waals surface area contributed by atoms with Gasteiger partial charge < -0.3 is 19.7 Å². The minimum Gasteiger partial charge on any atom is -0.482 e. The standard InChI is InChI=1S/C14H16N2O5/c1-15-12(17)8-21-14(19)6-7-16-10-4-2-3-5-11(10)20-9-13(16)18/h2-5H,6-9H2,1H3,(H,15,17). The Balaban J connectivity index is 1.92. The molecule has 7 heteroatoms. The SMILES string of the molecule is CNC(=O)COC(=O)CCN1C(=O)COc2ccccc21. The lowest BCUT2D eigenvalue weighted by Crippen LogP contribution is -2.40. The third-order valence-corrected chi connectivity index (χ3v) is 2.99. The van der Waals surface area contributed by atoms with Gasteiger partial charge in [0.2, 0.25) is 0 Å². The molecule has 0 saturated carbocycles. The number of nitrogens with zero attached hydrogens (tertiary/aromatic N) is 1. The van der Waals surface area contributed by atoms with Crippen LogP contribution in [0.3, 0.4) is 0 Å². The number of para-hydroxylation sites is 2. The molecule has 0 atom stereocenters. The van der Waals surface area contributed by atoms with Crippen LogP contribution in [0.15, 0.2) is 24.3 Å². The van der Waals surface area contributed by atoms with Crippen molar-refractivity contribution in [2.24, 2.45) is 0 Å². The number of nitrogens with one attached hydrogen (secondary N) is 1. The van der Waals surface area contributed by atoms with Crippen LogP contribution in [0.1, 0.15) is 6.42 Å². The summed E-state index contributed by atoms with van der Waals surface area (Å²) in [7, 11) is 1.46. The number of benzene rings is 1. The first kappa shape index (κ1) is 14.8. The van der Waals surface area contributed by atoms with Crippen molar-refractivity contribution in [3.8, 4) is 5.75 Å². The van der Waals surface area contributed by atoms with Gasteiger partial charge in [0.05, 0.1) is 12.1 Å². The van der Waals surface area contributed by atoms with Crippen molar-refractivity contribution in [1.82, 2.24) is 5.32 Å². The van der Waals surface area contributed by atoms with E-state index in [4.69, 9.17) is 9.47 Å². The number of hydrogen-bond donors (Lipinski definition) is 1. The van der Waals surface area contributed by atoms with E-state index >= 15 is 0 Å². The molecule has 1 N–H and O–H groups in total. The molecule has 1 aliphatic rings. The van der Waals surface area contributed by atoms with Gasteiger partial charge in [0, 0.05) is 13.6 Å². The molecule has 1 aromatic rings. The highest BCUT2D eigenvalue weighted by molar-refractivity contribution is 5.98. The van der Waals surface area contributed by atoms with Crippen molar-refractivity contribution in [1.29, 1.82) is 0 Å². The molecule has 2 amide bonds. The van der Waals surface area contributed by atoms with Gasteiger partial charge in [-0.2, -0.15) is 0 Å². The van der Waals surface area contributed by atoms with Gasteiger partial charge in [0.15, 0.2) is 13.2 Å². The monoisotopic (exact) mass is 292 g/mol. The molecule has 1 heterocycles. The zero-order valence-corrected chi connectivity index (χ0v) is 11.6. The molecule has 0 spiro atoms. The smallest absolute Gasteiger partial charge is 0.308 e. The molecule has 2 rings (SSSR count). The fraction of sp³-hybridized carbons (Fsp3) is 0.357. The van der Waals surface area contributed by atoms with Crippen molar-refractivity contribution in [3.05, 3.63) is 24.3 Å². The van der Waals surface area contributed by atoms with Gasteiger partial charge in [-0.15, -0.1) is 0 Å². The van der Waals surface area contributed by atoms with Gasteiger partial charge in [-0.05, 0) is 12.1 Å². The number of rotatable bonds is 5. The second kappa shape index (κ2) is 6.74. The van der Waals surface area contributed by atoms with Crippen LogP contribution in [0.4, 0.5) is 5.69 Å². The number of amides is 2. The van der Waals surface area contributed by atoms with E-state index in [9.17, 15) is 14.4 Å². The number of carbonyl (C=O) groups is 3. The molecule has 0 bridgehead atoms. The van der Waals surface area contributed by atoms with Crippen LogP contribution in [0.25, 0.3) is 0 Å². The highest BCUT2D eigenvalue weighted by atomic mass is 16.5. The highest BCUT2D eigenvalue weighted by Gasteiger charge is 2.25. The van der Waals surface area contributed by atoms with Crippen LogP contribution in [-0.4, -0.2) is 44.6 Å². The second-order valence-corrected chi connectivity index (χ2v) is 4.39. The Morgan fingerprint density at radius 2 is 2.14 bits per heavy atom. The largest absolute Gasteiger partial charge is 0.482 e. The van der Waals surface area contributed by atoms with Crippen molar-refractivity contribution in [2.45, 2.75) is 6.42 Å². The molecule has 7 nitrogen and oxygen atoms in total. The molecule has 0 aliphatic carbocycles. The predicted octanol–water partition coefficient (Wildman–Crippen LogP) is 0.0913. The minimum atomic E-state index is -0.532. The molecule has 21 heavy (non-hydrogen) atoms. The summed E-state index contributed by atoms with van der Waals surface area (Å²) in [5, 5.41) is 2.35. The van der Waals surface area contributed by atoms with E-state index in [1.165, 1.54) is 11.9 Å². The van der Waals surface area contributed by atoms with Crippen molar-refractivity contribution in [2.75, 3.05) is 31.7 Å². The summed E-state index contributed by atoms with van der Waals surface area (Å²) in [6, 6.07) is 7.11.